The van der Waals surface area contributed by atoms with Gasteiger partial charge in [-0.05, 0) is 44.0 Å². The predicted molar refractivity (Wildman–Crippen MR) is 143 cm³/mol. The Labute approximate surface area is 234 Å². The molecule has 41 heavy (non-hydrogen) atoms. The predicted octanol–water partition coefficient (Wildman–Crippen LogP) is 5.19. The monoisotopic (exact) mass is 595 g/mol. The van der Waals surface area contributed by atoms with Gasteiger partial charge >= 0.3 is 12.3 Å². The second-order valence-corrected chi connectivity index (χ2v) is 10.8. The Morgan fingerprint density at radius 1 is 1.20 bits per heavy atom. The number of ether oxygens (including phenoxy) is 3. The van der Waals surface area contributed by atoms with Crippen molar-refractivity contribution in [3.63, 3.8) is 0 Å². The van der Waals surface area contributed by atoms with Gasteiger partial charge < -0.3 is 19.3 Å². The van der Waals surface area contributed by atoms with E-state index in [-0.39, 0.29) is 59.5 Å². The standard InChI is InChI=1S/C27H28F3N3O7S/c1-3-32-17-24(26(31-32)38-4-2)41(36,37)33-16-20(12-14-25(34)35)39-23-13-10-18(15-21(23)33)9-11-19-7-5-6-8-22(19)40-27(28,29)30/h5-11,13,15,17,20H,3-4,12,14,16H2,1-2H3,(H,34,35). The van der Waals surface area contributed by atoms with Crippen molar-refractivity contribution in [2.24, 2.45) is 0 Å². The average Bonchev–Trinajstić information content (AvgIpc) is 3.34. The summed E-state index contributed by atoms with van der Waals surface area (Å²) in [4.78, 5) is 11.0. The summed E-state index contributed by atoms with van der Waals surface area (Å²) in [6.45, 7) is 3.88. The summed E-state index contributed by atoms with van der Waals surface area (Å²) in [5.41, 5.74) is 0.795. The van der Waals surface area contributed by atoms with Gasteiger partial charge in [0.15, 0.2) is 4.90 Å². The molecule has 1 aliphatic rings. The van der Waals surface area contributed by atoms with Crippen molar-refractivity contribution in [1.29, 1.82) is 0 Å². The number of aromatic nitrogens is 2. The molecule has 0 bridgehead atoms. The molecule has 0 saturated heterocycles. The minimum atomic E-state index is -4.87. The van der Waals surface area contributed by atoms with E-state index in [0.717, 1.165) is 4.31 Å². The highest BCUT2D eigenvalue weighted by atomic mass is 32.2. The first-order chi connectivity index (χ1) is 19.4. The lowest BCUT2D eigenvalue weighted by molar-refractivity contribution is -0.274. The van der Waals surface area contributed by atoms with E-state index in [9.17, 15) is 26.4 Å². The molecule has 0 fully saturated rings. The molecular weight excluding hydrogens is 567 g/mol. The third-order valence-electron chi connectivity index (χ3n) is 6.06. The summed E-state index contributed by atoms with van der Waals surface area (Å²) < 4.78 is 84.6. The number of anilines is 1. The third-order valence-corrected chi connectivity index (χ3v) is 7.83. The fourth-order valence-corrected chi connectivity index (χ4v) is 5.77. The smallest absolute Gasteiger partial charge is 0.486 e. The van der Waals surface area contributed by atoms with E-state index in [0.29, 0.717) is 12.1 Å². The van der Waals surface area contributed by atoms with Gasteiger partial charge in [0.1, 0.15) is 17.6 Å². The van der Waals surface area contributed by atoms with Gasteiger partial charge in [0, 0.05) is 24.7 Å². The summed E-state index contributed by atoms with van der Waals surface area (Å²) in [6, 6.07) is 10.3. The van der Waals surface area contributed by atoms with Crippen LogP contribution >= 0.6 is 0 Å². The molecule has 0 radical (unpaired) electrons. The maximum Gasteiger partial charge on any atom is 0.573 e. The molecule has 14 heteroatoms. The zero-order valence-electron chi connectivity index (χ0n) is 22.2. The first-order valence-corrected chi connectivity index (χ1v) is 14.1. The number of aliphatic carboxylic acids is 1. The van der Waals surface area contributed by atoms with E-state index >= 15 is 0 Å². The van der Waals surface area contributed by atoms with E-state index in [2.05, 4.69) is 9.84 Å². The summed E-state index contributed by atoms with van der Waals surface area (Å²) in [5, 5.41) is 13.4. The molecule has 4 rings (SSSR count). The van der Waals surface area contributed by atoms with Crippen LogP contribution in [0.15, 0.2) is 53.6 Å². The van der Waals surface area contributed by atoms with Crippen molar-refractivity contribution in [3.8, 4) is 17.4 Å². The van der Waals surface area contributed by atoms with E-state index < -0.39 is 28.5 Å². The Bertz CT molecular complexity index is 1540. The van der Waals surface area contributed by atoms with Gasteiger partial charge in [-0.1, -0.05) is 36.4 Å². The summed E-state index contributed by atoms with van der Waals surface area (Å²) in [7, 11) is -4.27. The van der Waals surface area contributed by atoms with Crippen LogP contribution in [0.3, 0.4) is 0 Å². The van der Waals surface area contributed by atoms with E-state index in [1.165, 1.54) is 53.4 Å². The molecule has 0 aliphatic carbocycles. The molecule has 2 aromatic carbocycles. The number of alkyl halides is 3. The minimum Gasteiger partial charge on any atom is -0.486 e. The van der Waals surface area contributed by atoms with Crippen LogP contribution in [-0.2, 0) is 21.4 Å². The number of hydrogen-bond acceptors (Lipinski definition) is 7. The molecule has 1 aromatic heterocycles. The lowest BCUT2D eigenvalue weighted by Crippen LogP contribution is -2.43. The summed E-state index contributed by atoms with van der Waals surface area (Å²) >= 11 is 0. The van der Waals surface area contributed by atoms with Crippen LogP contribution < -0.4 is 18.5 Å². The van der Waals surface area contributed by atoms with Gasteiger partial charge in [0.2, 0.25) is 0 Å². The Morgan fingerprint density at radius 2 is 1.95 bits per heavy atom. The van der Waals surface area contributed by atoms with Crippen LogP contribution in [0.4, 0.5) is 18.9 Å². The van der Waals surface area contributed by atoms with Gasteiger partial charge in [-0.3, -0.25) is 13.8 Å². The topological polar surface area (TPSA) is 120 Å². The second kappa shape index (κ2) is 12.1. The van der Waals surface area contributed by atoms with Gasteiger partial charge in [0.05, 0.1) is 18.8 Å². The molecule has 1 unspecified atom stereocenters. The van der Waals surface area contributed by atoms with Crippen LogP contribution in [0.5, 0.6) is 17.4 Å². The number of halogens is 3. The highest BCUT2D eigenvalue weighted by Gasteiger charge is 2.38. The van der Waals surface area contributed by atoms with Crippen molar-refractivity contribution < 1.29 is 45.7 Å². The molecule has 2 heterocycles. The quantitative estimate of drug-likeness (QED) is 0.301. The van der Waals surface area contributed by atoms with Crippen molar-refractivity contribution in [2.45, 2.75) is 50.6 Å². The number of para-hydroxylation sites is 1. The van der Waals surface area contributed by atoms with Crippen molar-refractivity contribution in [1.82, 2.24) is 9.78 Å². The SMILES string of the molecule is CCOc1nn(CC)cc1S(=O)(=O)N1CC(CCC(=O)O)Oc2ccc(C=Cc3ccccc3OC(F)(F)F)cc21. The van der Waals surface area contributed by atoms with Crippen LogP contribution in [0, 0.1) is 0 Å². The first-order valence-electron chi connectivity index (χ1n) is 12.7. The number of rotatable bonds is 11. The zero-order valence-corrected chi connectivity index (χ0v) is 23.0. The van der Waals surface area contributed by atoms with Crippen molar-refractivity contribution in [2.75, 3.05) is 17.5 Å². The molecule has 1 aliphatic heterocycles. The van der Waals surface area contributed by atoms with Gasteiger partial charge in [-0.2, -0.15) is 0 Å². The lowest BCUT2D eigenvalue weighted by atomic mass is 10.1. The molecular formula is C27H28F3N3O7S. The Balaban J connectivity index is 1.74. The van der Waals surface area contributed by atoms with Crippen LogP contribution in [0.1, 0.15) is 37.8 Å². The maximum atomic E-state index is 14.0. The molecule has 1 atom stereocenters. The number of nitrogens with zero attached hydrogens (tertiary/aromatic N) is 3. The molecule has 1 N–H and O–H groups in total. The highest BCUT2D eigenvalue weighted by molar-refractivity contribution is 7.93. The van der Waals surface area contributed by atoms with Gasteiger partial charge in [0.25, 0.3) is 15.9 Å². The molecule has 10 nitrogen and oxygen atoms in total. The van der Waals surface area contributed by atoms with Crippen LogP contribution in [-0.4, -0.2) is 54.9 Å². The number of carbonyl (C=O) groups is 1. The zero-order chi connectivity index (χ0) is 29.8. The molecule has 3 aromatic rings. The number of carboxylic acid groups (broad SMARTS) is 1. The molecule has 0 amide bonds. The summed E-state index contributed by atoms with van der Waals surface area (Å²) in [5.74, 6) is -1.30. The number of carboxylic acids is 1. The van der Waals surface area contributed by atoms with Gasteiger partial charge in [-0.25, -0.2) is 8.42 Å². The fraction of sp³-hybridized carbons (Fsp3) is 0.333. The van der Waals surface area contributed by atoms with Crippen molar-refractivity contribution in [3.05, 3.63) is 59.8 Å². The summed E-state index contributed by atoms with van der Waals surface area (Å²) in [6.07, 6.45) is -1.50. The van der Waals surface area contributed by atoms with Crippen LogP contribution in [0.25, 0.3) is 12.2 Å². The minimum absolute atomic E-state index is 0.0605. The molecule has 220 valence electrons. The number of fused-ring (bicyclic) bond motifs is 1. The largest absolute Gasteiger partial charge is 0.573 e. The number of benzene rings is 2. The second-order valence-electron chi connectivity index (χ2n) is 8.94. The van der Waals surface area contributed by atoms with E-state index in [1.54, 1.807) is 26.0 Å². The third kappa shape index (κ3) is 7.12. The first kappa shape index (κ1) is 29.8. The fourth-order valence-electron chi connectivity index (χ4n) is 4.20. The van der Waals surface area contributed by atoms with E-state index in [4.69, 9.17) is 14.6 Å². The normalized spacial score (nSPS) is 15.4. The lowest BCUT2D eigenvalue weighted by Gasteiger charge is -2.35. The van der Waals surface area contributed by atoms with Gasteiger partial charge in [-0.15, -0.1) is 18.3 Å². The molecule has 0 spiro atoms. The number of aryl methyl sites for hydroxylation is 1. The van der Waals surface area contributed by atoms with Crippen LogP contribution in [0.2, 0.25) is 0 Å². The highest BCUT2D eigenvalue weighted by Crippen LogP contribution is 2.40. The molecule has 0 saturated carbocycles. The van der Waals surface area contributed by atoms with E-state index in [1.807, 2.05) is 0 Å². The number of sulfonamides is 1. The Kier molecular flexibility index (Phi) is 8.80. The Hall–Kier alpha value is -4.20. The Morgan fingerprint density at radius 3 is 2.63 bits per heavy atom. The average molecular weight is 596 g/mol. The van der Waals surface area contributed by atoms with Crippen molar-refractivity contribution >= 4 is 33.8 Å². The number of hydrogen-bond donors (Lipinski definition) is 1. The maximum absolute atomic E-state index is 14.0.